The monoisotopic (exact) mass is 165 g/mol. The van der Waals surface area contributed by atoms with E-state index in [0.717, 1.165) is 17.8 Å². The molecule has 0 amide bonds. The highest BCUT2D eigenvalue weighted by atomic mass is 14.6. The van der Waals surface area contributed by atoms with Crippen LogP contribution < -0.4 is 0 Å². The number of aliphatic imine (C=N–C) groups is 1. The second-order valence-electron chi connectivity index (χ2n) is 4.07. The predicted octanol–water partition coefficient (Wildman–Crippen LogP) is 2.93. The van der Waals surface area contributed by atoms with Gasteiger partial charge in [0.15, 0.2) is 0 Å². The van der Waals surface area contributed by atoms with Crippen LogP contribution in [0.4, 0.5) is 0 Å². The summed E-state index contributed by atoms with van der Waals surface area (Å²) in [5, 5.41) is 0. The molecule has 0 heterocycles. The molecule has 0 radical (unpaired) electrons. The molecule has 1 saturated carbocycles. The van der Waals surface area contributed by atoms with Crippen molar-refractivity contribution in [2.75, 3.05) is 7.05 Å². The molecule has 0 aromatic rings. The third kappa shape index (κ3) is 1.96. The van der Waals surface area contributed by atoms with Gasteiger partial charge < -0.3 is 0 Å². The van der Waals surface area contributed by atoms with Gasteiger partial charge in [0.2, 0.25) is 0 Å². The second kappa shape index (κ2) is 3.88. The van der Waals surface area contributed by atoms with E-state index in [1.807, 2.05) is 13.3 Å². The Labute approximate surface area is 75.6 Å². The molecule has 2 unspecified atom stereocenters. The van der Waals surface area contributed by atoms with E-state index in [-0.39, 0.29) is 0 Å². The van der Waals surface area contributed by atoms with Crippen LogP contribution in [0.15, 0.2) is 16.6 Å². The molecule has 1 heteroatoms. The van der Waals surface area contributed by atoms with Gasteiger partial charge in [-0.15, -0.1) is 0 Å². The van der Waals surface area contributed by atoms with E-state index >= 15 is 0 Å². The van der Waals surface area contributed by atoms with Crippen LogP contribution in [-0.2, 0) is 0 Å². The molecule has 12 heavy (non-hydrogen) atoms. The molecule has 0 spiro atoms. The summed E-state index contributed by atoms with van der Waals surface area (Å²) in [6.07, 6.45) is 5.70. The number of hydrogen-bond donors (Lipinski definition) is 0. The summed E-state index contributed by atoms with van der Waals surface area (Å²) in [6.45, 7) is 6.79. The average Bonchev–Trinajstić information content (AvgIpc) is 2.02. The van der Waals surface area contributed by atoms with Gasteiger partial charge in [0, 0.05) is 13.3 Å². The lowest BCUT2D eigenvalue weighted by Gasteiger charge is -2.39. The zero-order valence-corrected chi connectivity index (χ0v) is 8.54. The Kier molecular flexibility index (Phi) is 3.07. The highest BCUT2D eigenvalue weighted by Gasteiger charge is 2.32. The van der Waals surface area contributed by atoms with Crippen molar-refractivity contribution in [2.45, 2.75) is 27.2 Å². The molecule has 0 aromatic heterocycles. The van der Waals surface area contributed by atoms with Crippen molar-refractivity contribution < 1.29 is 0 Å². The van der Waals surface area contributed by atoms with Crippen LogP contribution in [0.1, 0.15) is 27.2 Å². The van der Waals surface area contributed by atoms with Crippen molar-refractivity contribution in [1.82, 2.24) is 0 Å². The molecule has 1 fully saturated rings. The minimum Gasteiger partial charge on any atom is -0.296 e. The van der Waals surface area contributed by atoms with E-state index in [2.05, 4.69) is 31.8 Å². The first-order valence-electron chi connectivity index (χ1n) is 4.75. The Hall–Kier alpha value is -0.590. The second-order valence-corrected chi connectivity index (χ2v) is 4.07. The summed E-state index contributed by atoms with van der Waals surface area (Å²) in [7, 11) is 1.82. The van der Waals surface area contributed by atoms with Crippen molar-refractivity contribution >= 4 is 6.21 Å². The largest absolute Gasteiger partial charge is 0.296 e. The molecule has 0 N–H and O–H groups in total. The van der Waals surface area contributed by atoms with Gasteiger partial charge in [-0.25, -0.2) is 0 Å². The van der Waals surface area contributed by atoms with Gasteiger partial charge >= 0.3 is 0 Å². The van der Waals surface area contributed by atoms with Crippen molar-refractivity contribution in [2.24, 2.45) is 22.7 Å². The summed E-state index contributed by atoms with van der Waals surface area (Å²) >= 11 is 0. The Morgan fingerprint density at radius 3 is 2.33 bits per heavy atom. The van der Waals surface area contributed by atoms with Gasteiger partial charge in [0.05, 0.1) is 0 Å². The Morgan fingerprint density at radius 1 is 1.33 bits per heavy atom. The molecular formula is C11H19N. The van der Waals surface area contributed by atoms with Crippen LogP contribution in [0.3, 0.4) is 0 Å². The maximum absolute atomic E-state index is 4.00. The molecule has 68 valence electrons. The van der Waals surface area contributed by atoms with Crippen LogP contribution in [0.2, 0.25) is 0 Å². The SMILES string of the molecule is C/N=C\C(C)=C/C1C(C)CC1C. The smallest absolute Gasteiger partial charge is 0.0277 e. The number of hydrogen-bond acceptors (Lipinski definition) is 1. The lowest BCUT2D eigenvalue weighted by Crippen LogP contribution is -2.31. The fraction of sp³-hybridized carbons (Fsp3) is 0.727. The Balaban J connectivity index is 2.54. The van der Waals surface area contributed by atoms with E-state index in [4.69, 9.17) is 0 Å². The minimum absolute atomic E-state index is 0.794. The molecule has 0 bridgehead atoms. The van der Waals surface area contributed by atoms with Crippen molar-refractivity contribution in [3.05, 3.63) is 11.6 Å². The normalized spacial score (nSPS) is 37.0. The van der Waals surface area contributed by atoms with Gasteiger partial charge in [-0.2, -0.15) is 0 Å². The molecular weight excluding hydrogens is 146 g/mol. The molecule has 0 aromatic carbocycles. The van der Waals surface area contributed by atoms with Gasteiger partial charge in [-0.3, -0.25) is 4.99 Å². The molecule has 2 atom stereocenters. The van der Waals surface area contributed by atoms with Crippen molar-refractivity contribution in [1.29, 1.82) is 0 Å². The summed E-state index contributed by atoms with van der Waals surface area (Å²) in [4.78, 5) is 4.00. The predicted molar refractivity (Wildman–Crippen MR) is 54.6 cm³/mol. The first kappa shape index (κ1) is 9.50. The molecule has 1 aliphatic carbocycles. The van der Waals surface area contributed by atoms with Crippen LogP contribution in [0.5, 0.6) is 0 Å². The van der Waals surface area contributed by atoms with E-state index in [0.29, 0.717) is 0 Å². The third-order valence-electron chi connectivity index (χ3n) is 2.85. The van der Waals surface area contributed by atoms with Crippen molar-refractivity contribution in [3.8, 4) is 0 Å². The lowest BCUT2D eigenvalue weighted by atomic mass is 9.66. The molecule has 0 saturated heterocycles. The van der Waals surface area contributed by atoms with Crippen LogP contribution in [0.25, 0.3) is 0 Å². The summed E-state index contributed by atoms with van der Waals surface area (Å²) in [5.41, 5.74) is 1.31. The van der Waals surface area contributed by atoms with Crippen LogP contribution in [0, 0.1) is 17.8 Å². The highest BCUT2D eigenvalue weighted by molar-refractivity contribution is 5.77. The van der Waals surface area contributed by atoms with Gasteiger partial charge in [0.1, 0.15) is 0 Å². The average molecular weight is 165 g/mol. The quantitative estimate of drug-likeness (QED) is 0.558. The molecule has 1 rings (SSSR count). The standard InChI is InChI=1S/C11H19N/c1-8(7-12-4)5-11-9(2)6-10(11)3/h5,7,9-11H,6H2,1-4H3/b8-5-,12-7-. The number of allylic oxidation sites excluding steroid dienone is 2. The van der Waals surface area contributed by atoms with E-state index in [1.54, 1.807) is 0 Å². The zero-order valence-electron chi connectivity index (χ0n) is 8.54. The zero-order chi connectivity index (χ0) is 9.14. The summed E-state index contributed by atoms with van der Waals surface area (Å²) < 4.78 is 0. The third-order valence-corrected chi connectivity index (χ3v) is 2.85. The first-order chi connectivity index (χ1) is 5.65. The molecule has 1 aliphatic rings. The van der Waals surface area contributed by atoms with Gasteiger partial charge in [-0.1, -0.05) is 19.9 Å². The highest BCUT2D eigenvalue weighted by Crippen LogP contribution is 2.40. The Bertz CT molecular complexity index is 195. The van der Waals surface area contributed by atoms with Crippen LogP contribution in [-0.4, -0.2) is 13.3 Å². The molecule has 0 aliphatic heterocycles. The summed E-state index contributed by atoms with van der Waals surface area (Å²) in [6, 6.07) is 0. The maximum Gasteiger partial charge on any atom is 0.0277 e. The van der Waals surface area contributed by atoms with Crippen molar-refractivity contribution in [3.63, 3.8) is 0 Å². The first-order valence-corrected chi connectivity index (χ1v) is 4.75. The topological polar surface area (TPSA) is 12.4 Å². The maximum atomic E-state index is 4.00. The number of rotatable bonds is 2. The Morgan fingerprint density at radius 2 is 1.92 bits per heavy atom. The molecule has 1 nitrogen and oxygen atoms in total. The van der Waals surface area contributed by atoms with E-state index in [9.17, 15) is 0 Å². The fourth-order valence-corrected chi connectivity index (χ4v) is 2.14. The minimum atomic E-state index is 0.794. The summed E-state index contributed by atoms with van der Waals surface area (Å²) in [5.74, 6) is 2.54. The van der Waals surface area contributed by atoms with E-state index in [1.165, 1.54) is 12.0 Å². The van der Waals surface area contributed by atoms with E-state index < -0.39 is 0 Å². The van der Waals surface area contributed by atoms with Gasteiger partial charge in [-0.05, 0) is 36.7 Å². The van der Waals surface area contributed by atoms with Crippen LogP contribution >= 0.6 is 0 Å². The fourth-order valence-electron chi connectivity index (χ4n) is 2.14. The lowest BCUT2D eigenvalue weighted by molar-refractivity contribution is 0.148. The van der Waals surface area contributed by atoms with Gasteiger partial charge in [0.25, 0.3) is 0 Å². The number of nitrogens with zero attached hydrogens (tertiary/aromatic N) is 1.